The lowest BCUT2D eigenvalue weighted by atomic mass is 10.0. The van der Waals surface area contributed by atoms with E-state index in [2.05, 4.69) is 43.1 Å². The van der Waals surface area contributed by atoms with E-state index in [0.717, 1.165) is 25.9 Å². The topological polar surface area (TPSA) is 58.4 Å². The third-order valence-electron chi connectivity index (χ3n) is 3.47. The van der Waals surface area contributed by atoms with Gasteiger partial charge < -0.3 is 16.0 Å². The van der Waals surface area contributed by atoms with E-state index in [1.165, 1.54) is 5.69 Å². The maximum atomic E-state index is 11.8. The Morgan fingerprint density at radius 1 is 1.22 bits per heavy atom. The molecule has 0 heterocycles. The summed E-state index contributed by atoms with van der Waals surface area (Å²) in [5.41, 5.74) is 7.08. The molecule has 0 bridgehead atoms. The monoisotopic (exact) mass is 363 g/mol. The van der Waals surface area contributed by atoms with E-state index in [-0.39, 0.29) is 36.8 Å². The van der Waals surface area contributed by atoms with Crippen LogP contribution in [0.15, 0.2) is 30.3 Å². The van der Waals surface area contributed by atoms with Gasteiger partial charge in [0.05, 0.1) is 6.04 Å². The number of hydrogen-bond acceptors (Lipinski definition) is 3. The molecule has 0 unspecified atom stereocenters. The van der Waals surface area contributed by atoms with Crippen molar-refractivity contribution in [2.75, 3.05) is 24.5 Å². The zero-order valence-electron chi connectivity index (χ0n) is 14.3. The van der Waals surface area contributed by atoms with Gasteiger partial charge in [-0.25, -0.2) is 0 Å². The minimum atomic E-state index is -0.388. The second-order valence-electron chi connectivity index (χ2n) is 5.80. The molecule has 6 heteroatoms. The highest BCUT2D eigenvalue weighted by molar-refractivity contribution is 5.85. The molecular weight excluding hydrogens is 333 g/mol. The van der Waals surface area contributed by atoms with Gasteiger partial charge in [-0.05, 0) is 37.8 Å². The number of nitrogens with two attached hydrogens (primary N) is 1. The molecule has 0 saturated heterocycles. The van der Waals surface area contributed by atoms with E-state index in [0.29, 0.717) is 12.5 Å². The molecule has 0 aromatic heterocycles. The van der Waals surface area contributed by atoms with Crippen molar-refractivity contribution in [1.29, 1.82) is 0 Å². The SMILES string of the molecule is CCN(CCCNC(=O)[C@@H](N)CC(C)C)c1ccccc1.Cl.Cl. The molecule has 0 aliphatic carbocycles. The van der Waals surface area contributed by atoms with Gasteiger partial charge in [0.2, 0.25) is 5.91 Å². The minimum absolute atomic E-state index is 0. The molecule has 0 radical (unpaired) electrons. The van der Waals surface area contributed by atoms with Crippen LogP contribution < -0.4 is 16.0 Å². The number of nitrogens with one attached hydrogen (secondary N) is 1. The Balaban J connectivity index is 0. The molecular formula is C17H31Cl2N3O. The first-order valence-corrected chi connectivity index (χ1v) is 7.87. The molecule has 1 aromatic rings. The van der Waals surface area contributed by atoms with E-state index in [1.54, 1.807) is 0 Å². The molecule has 1 rings (SSSR count). The van der Waals surface area contributed by atoms with Crippen LogP contribution in [0.1, 0.15) is 33.6 Å². The van der Waals surface area contributed by atoms with Crippen molar-refractivity contribution in [2.45, 2.75) is 39.7 Å². The number of amides is 1. The number of anilines is 1. The van der Waals surface area contributed by atoms with Gasteiger partial charge in [0.25, 0.3) is 0 Å². The Hall–Kier alpha value is -0.970. The zero-order valence-corrected chi connectivity index (χ0v) is 16.0. The fraction of sp³-hybridized carbons (Fsp3) is 0.588. The highest BCUT2D eigenvalue weighted by Crippen LogP contribution is 2.12. The lowest BCUT2D eigenvalue weighted by molar-refractivity contribution is -0.122. The third kappa shape index (κ3) is 9.69. The molecule has 1 atom stereocenters. The summed E-state index contributed by atoms with van der Waals surface area (Å²) in [4.78, 5) is 14.1. The molecule has 23 heavy (non-hydrogen) atoms. The minimum Gasteiger partial charge on any atom is -0.372 e. The Kier molecular flexibility index (Phi) is 14.2. The maximum Gasteiger partial charge on any atom is 0.236 e. The number of nitrogens with zero attached hydrogens (tertiary/aromatic N) is 1. The standard InChI is InChI=1S/C17H29N3O.2ClH/c1-4-20(15-9-6-5-7-10-15)12-8-11-19-17(21)16(18)13-14(2)3;;/h5-7,9-10,14,16H,4,8,11-13,18H2,1-3H3,(H,19,21);2*1H/t16-;;/m0../s1. The van der Waals surface area contributed by atoms with Gasteiger partial charge in [0, 0.05) is 25.3 Å². The predicted octanol–water partition coefficient (Wildman–Crippen LogP) is 3.24. The molecule has 1 aromatic carbocycles. The molecule has 0 aliphatic heterocycles. The summed E-state index contributed by atoms with van der Waals surface area (Å²) < 4.78 is 0. The Bertz CT molecular complexity index is 416. The van der Waals surface area contributed by atoms with Gasteiger partial charge in [-0.1, -0.05) is 32.0 Å². The van der Waals surface area contributed by atoms with Crippen LogP contribution in [-0.2, 0) is 4.79 Å². The number of carbonyl (C=O) groups excluding carboxylic acids is 1. The van der Waals surface area contributed by atoms with Crippen molar-refractivity contribution in [1.82, 2.24) is 5.32 Å². The summed E-state index contributed by atoms with van der Waals surface area (Å²) in [6.45, 7) is 8.86. The molecule has 0 saturated carbocycles. The normalized spacial score (nSPS) is 11.2. The van der Waals surface area contributed by atoms with Crippen LogP contribution >= 0.6 is 24.8 Å². The molecule has 0 spiro atoms. The number of rotatable bonds is 9. The Morgan fingerprint density at radius 2 is 1.83 bits per heavy atom. The predicted molar refractivity (Wildman–Crippen MR) is 104 cm³/mol. The van der Waals surface area contributed by atoms with Gasteiger partial charge >= 0.3 is 0 Å². The van der Waals surface area contributed by atoms with Gasteiger partial charge in [-0.3, -0.25) is 4.79 Å². The third-order valence-corrected chi connectivity index (χ3v) is 3.47. The van der Waals surface area contributed by atoms with E-state index >= 15 is 0 Å². The lowest BCUT2D eigenvalue weighted by Crippen LogP contribution is -2.42. The van der Waals surface area contributed by atoms with Crippen molar-refractivity contribution in [3.05, 3.63) is 30.3 Å². The highest BCUT2D eigenvalue weighted by Gasteiger charge is 2.14. The summed E-state index contributed by atoms with van der Waals surface area (Å²) in [6.07, 6.45) is 1.65. The number of hydrogen-bond donors (Lipinski definition) is 2. The van der Waals surface area contributed by atoms with E-state index < -0.39 is 0 Å². The van der Waals surface area contributed by atoms with E-state index in [1.807, 2.05) is 18.2 Å². The first-order chi connectivity index (χ1) is 10.0. The second-order valence-corrected chi connectivity index (χ2v) is 5.80. The van der Waals surface area contributed by atoms with Crippen LogP contribution in [0.3, 0.4) is 0 Å². The van der Waals surface area contributed by atoms with Crippen LogP contribution in [0.4, 0.5) is 5.69 Å². The Morgan fingerprint density at radius 3 is 2.35 bits per heavy atom. The number of para-hydroxylation sites is 1. The number of carbonyl (C=O) groups is 1. The molecule has 4 nitrogen and oxygen atoms in total. The summed E-state index contributed by atoms with van der Waals surface area (Å²) in [5.74, 6) is 0.408. The van der Waals surface area contributed by atoms with Crippen LogP contribution in [-0.4, -0.2) is 31.6 Å². The molecule has 0 fully saturated rings. The van der Waals surface area contributed by atoms with Gasteiger partial charge in [0.15, 0.2) is 0 Å². The summed E-state index contributed by atoms with van der Waals surface area (Å²) in [6, 6.07) is 9.95. The molecule has 3 N–H and O–H groups in total. The summed E-state index contributed by atoms with van der Waals surface area (Å²) >= 11 is 0. The fourth-order valence-electron chi connectivity index (χ4n) is 2.34. The van der Waals surface area contributed by atoms with Gasteiger partial charge in [0.1, 0.15) is 0 Å². The quantitative estimate of drug-likeness (QED) is 0.662. The number of halogens is 2. The smallest absolute Gasteiger partial charge is 0.236 e. The maximum absolute atomic E-state index is 11.8. The fourth-order valence-corrected chi connectivity index (χ4v) is 2.34. The van der Waals surface area contributed by atoms with Crippen molar-refractivity contribution in [3.8, 4) is 0 Å². The van der Waals surface area contributed by atoms with Crippen molar-refractivity contribution >= 4 is 36.4 Å². The van der Waals surface area contributed by atoms with Crippen LogP contribution in [0.2, 0.25) is 0 Å². The van der Waals surface area contributed by atoms with Crippen LogP contribution in [0.25, 0.3) is 0 Å². The number of benzene rings is 1. The van der Waals surface area contributed by atoms with Crippen LogP contribution in [0, 0.1) is 5.92 Å². The van der Waals surface area contributed by atoms with E-state index in [4.69, 9.17) is 5.73 Å². The summed E-state index contributed by atoms with van der Waals surface area (Å²) in [5, 5.41) is 2.93. The van der Waals surface area contributed by atoms with E-state index in [9.17, 15) is 4.79 Å². The summed E-state index contributed by atoms with van der Waals surface area (Å²) in [7, 11) is 0. The van der Waals surface area contributed by atoms with Crippen molar-refractivity contribution < 1.29 is 4.79 Å². The molecule has 134 valence electrons. The van der Waals surface area contributed by atoms with Crippen LogP contribution in [0.5, 0.6) is 0 Å². The van der Waals surface area contributed by atoms with Gasteiger partial charge in [-0.15, -0.1) is 24.8 Å². The largest absolute Gasteiger partial charge is 0.372 e. The van der Waals surface area contributed by atoms with Gasteiger partial charge in [-0.2, -0.15) is 0 Å². The molecule has 0 aliphatic rings. The average molecular weight is 364 g/mol. The highest BCUT2D eigenvalue weighted by atomic mass is 35.5. The van der Waals surface area contributed by atoms with Crippen molar-refractivity contribution in [2.24, 2.45) is 11.7 Å². The zero-order chi connectivity index (χ0) is 15.7. The van der Waals surface area contributed by atoms with Crippen molar-refractivity contribution in [3.63, 3.8) is 0 Å². The Labute approximate surface area is 153 Å². The lowest BCUT2D eigenvalue weighted by Gasteiger charge is -2.23. The first kappa shape index (κ1) is 24.3. The second kappa shape index (κ2) is 13.5. The molecule has 1 amide bonds. The first-order valence-electron chi connectivity index (χ1n) is 7.87. The average Bonchev–Trinajstić information content (AvgIpc) is 2.47.